The summed E-state index contributed by atoms with van der Waals surface area (Å²) in [5.41, 5.74) is 7.98. The fourth-order valence-electron chi connectivity index (χ4n) is 3.89. The highest BCUT2D eigenvalue weighted by Gasteiger charge is 2.21. The molecule has 0 aliphatic heterocycles. The Morgan fingerprint density at radius 1 is 0.778 bits per heavy atom. The topological polar surface area (TPSA) is 111 Å². The first-order chi connectivity index (χ1) is 17.4. The summed E-state index contributed by atoms with van der Waals surface area (Å²) in [6.07, 6.45) is 1.62. The van der Waals surface area contributed by atoms with Crippen molar-refractivity contribution in [1.29, 1.82) is 0 Å². The number of hydrogen-bond donors (Lipinski definition) is 2. The van der Waals surface area contributed by atoms with Gasteiger partial charge in [0.2, 0.25) is 0 Å². The van der Waals surface area contributed by atoms with Crippen molar-refractivity contribution in [1.82, 2.24) is 30.4 Å². The van der Waals surface area contributed by atoms with Crippen LogP contribution in [0, 0.1) is 6.92 Å². The van der Waals surface area contributed by atoms with E-state index >= 15 is 0 Å². The minimum absolute atomic E-state index is 0.0200. The normalized spacial score (nSPS) is 10.8. The van der Waals surface area contributed by atoms with Crippen LogP contribution in [0.5, 0.6) is 0 Å². The van der Waals surface area contributed by atoms with Gasteiger partial charge in [-0.2, -0.15) is 10.2 Å². The van der Waals surface area contributed by atoms with E-state index in [2.05, 4.69) is 21.0 Å². The smallest absolute Gasteiger partial charge is 0.267 e. The van der Waals surface area contributed by atoms with Gasteiger partial charge in [0.25, 0.3) is 17.4 Å². The second kappa shape index (κ2) is 9.30. The van der Waals surface area contributed by atoms with Gasteiger partial charge in [-0.25, -0.2) is 9.36 Å². The van der Waals surface area contributed by atoms with Crippen LogP contribution in [0.1, 0.15) is 26.4 Å². The van der Waals surface area contributed by atoms with Crippen LogP contribution in [-0.2, 0) is 7.05 Å². The number of benzene rings is 3. The van der Waals surface area contributed by atoms with Crippen LogP contribution in [0.2, 0.25) is 0 Å². The van der Waals surface area contributed by atoms with Crippen molar-refractivity contribution < 1.29 is 9.59 Å². The summed E-state index contributed by atoms with van der Waals surface area (Å²) in [7, 11) is 1.47. The minimum atomic E-state index is -0.651. The maximum atomic E-state index is 13.2. The molecule has 0 saturated carbocycles. The average molecular weight is 479 g/mol. The number of nitrogens with one attached hydrogen (secondary N) is 2. The first-order valence-electron chi connectivity index (χ1n) is 11.2. The van der Waals surface area contributed by atoms with Crippen LogP contribution in [0.25, 0.3) is 27.7 Å². The predicted octanol–water partition coefficient (Wildman–Crippen LogP) is 3.17. The van der Waals surface area contributed by atoms with Crippen LogP contribution < -0.4 is 16.4 Å². The molecular weight excluding hydrogens is 456 g/mol. The van der Waals surface area contributed by atoms with Crippen molar-refractivity contribution in [2.24, 2.45) is 7.05 Å². The van der Waals surface area contributed by atoms with Crippen molar-refractivity contribution in [3.05, 3.63) is 112 Å². The summed E-state index contributed by atoms with van der Waals surface area (Å²) in [6, 6.07) is 23.8. The summed E-state index contributed by atoms with van der Waals surface area (Å²) in [6.45, 7) is 1.99. The summed E-state index contributed by atoms with van der Waals surface area (Å²) < 4.78 is 2.72. The third-order valence-electron chi connectivity index (χ3n) is 5.77. The van der Waals surface area contributed by atoms with E-state index in [1.54, 1.807) is 35.1 Å². The summed E-state index contributed by atoms with van der Waals surface area (Å²) in [5.74, 6) is -1.20. The molecule has 0 bridgehead atoms. The molecule has 2 amide bonds. The van der Waals surface area contributed by atoms with Crippen molar-refractivity contribution in [3.8, 4) is 16.9 Å². The van der Waals surface area contributed by atoms with Crippen LogP contribution in [0.3, 0.4) is 0 Å². The van der Waals surface area contributed by atoms with E-state index in [1.807, 2.05) is 61.5 Å². The number of hydrazine groups is 1. The first-order valence-corrected chi connectivity index (χ1v) is 11.2. The standard InChI is InChI=1S/C27H22N6O3/c1-17-12-14-19(15-13-17)33-16-22(23(31-33)18-8-4-3-5-9-18)25(34)28-29-26(35)24-20-10-6-7-11-21(20)27(36)32(2)30-24/h3-16H,1-2H3,(H,28,34)(H,29,35). The monoisotopic (exact) mass is 478 g/mol. The second-order valence-electron chi connectivity index (χ2n) is 8.27. The highest BCUT2D eigenvalue weighted by molar-refractivity contribution is 6.06. The van der Waals surface area contributed by atoms with Crippen molar-refractivity contribution in [2.45, 2.75) is 6.92 Å². The van der Waals surface area contributed by atoms with Gasteiger partial charge in [0.15, 0.2) is 5.69 Å². The zero-order valence-corrected chi connectivity index (χ0v) is 19.6. The highest BCUT2D eigenvalue weighted by atomic mass is 16.2. The molecule has 0 aliphatic carbocycles. The molecule has 2 heterocycles. The van der Waals surface area contributed by atoms with E-state index < -0.39 is 11.8 Å². The lowest BCUT2D eigenvalue weighted by Gasteiger charge is -2.10. The molecule has 178 valence electrons. The van der Waals surface area contributed by atoms with Gasteiger partial charge < -0.3 is 0 Å². The maximum absolute atomic E-state index is 13.2. The van der Waals surface area contributed by atoms with E-state index in [0.717, 1.165) is 21.5 Å². The third-order valence-corrected chi connectivity index (χ3v) is 5.77. The van der Waals surface area contributed by atoms with Crippen LogP contribution >= 0.6 is 0 Å². The molecule has 3 aromatic carbocycles. The van der Waals surface area contributed by atoms with E-state index in [0.29, 0.717) is 16.5 Å². The summed E-state index contributed by atoms with van der Waals surface area (Å²) in [5, 5.41) is 9.49. The number of aromatic nitrogens is 4. The molecule has 5 rings (SSSR count). The Hall–Kier alpha value is -5.05. The van der Waals surface area contributed by atoms with Gasteiger partial charge >= 0.3 is 0 Å². The molecule has 9 nitrogen and oxygen atoms in total. The molecule has 0 atom stereocenters. The van der Waals surface area contributed by atoms with E-state index in [9.17, 15) is 14.4 Å². The number of nitrogens with zero attached hydrogens (tertiary/aromatic N) is 4. The molecule has 0 saturated heterocycles. The summed E-state index contributed by atoms with van der Waals surface area (Å²) >= 11 is 0. The number of carbonyl (C=O) groups excluding carboxylic acids is 2. The number of rotatable bonds is 4. The van der Waals surface area contributed by atoms with E-state index in [1.165, 1.54) is 7.05 Å². The zero-order chi connectivity index (χ0) is 25.2. The highest BCUT2D eigenvalue weighted by Crippen LogP contribution is 2.24. The Labute approximate surface area is 206 Å². The van der Waals surface area contributed by atoms with Crippen LogP contribution in [-0.4, -0.2) is 31.4 Å². The Bertz CT molecular complexity index is 1650. The second-order valence-corrected chi connectivity index (χ2v) is 8.27. The van der Waals surface area contributed by atoms with Gasteiger partial charge in [-0.05, 0) is 25.1 Å². The van der Waals surface area contributed by atoms with Crippen molar-refractivity contribution in [2.75, 3.05) is 0 Å². The minimum Gasteiger partial charge on any atom is -0.267 e. The lowest BCUT2D eigenvalue weighted by Crippen LogP contribution is -2.42. The molecule has 0 radical (unpaired) electrons. The van der Waals surface area contributed by atoms with Crippen LogP contribution in [0.15, 0.2) is 89.9 Å². The van der Waals surface area contributed by atoms with Gasteiger partial charge in [0.05, 0.1) is 16.6 Å². The molecule has 0 spiro atoms. The Balaban J connectivity index is 1.45. The number of fused-ring (bicyclic) bond motifs is 1. The Kier molecular flexibility index (Phi) is 5.87. The molecule has 2 aromatic heterocycles. The van der Waals surface area contributed by atoms with Crippen molar-refractivity contribution >= 4 is 22.6 Å². The van der Waals surface area contributed by atoms with Gasteiger partial charge in [0, 0.05) is 24.2 Å². The lowest BCUT2D eigenvalue weighted by atomic mass is 10.1. The first kappa shape index (κ1) is 22.7. The number of amides is 2. The quantitative estimate of drug-likeness (QED) is 0.386. The SMILES string of the molecule is Cc1ccc(-n2cc(C(=O)NNC(=O)c3nn(C)c(=O)c4ccccc34)c(-c3ccccc3)n2)cc1. The van der Waals surface area contributed by atoms with E-state index in [4.69, 9.17) is 0 Å². The summed E-state index contributed by atoms with van der Waals surface area (Å²) in [4.78, 5) is 38.5. The maximum Gasteiger partial charge on any atom is 0.290 e. The van der Waals surface area contributed by atoms with Gasteiger partial charge in [-0.1, -0.05) is 66.2 Å². The van der Waals surface area contributed by atoms with Gasteiger partial charge in [-0.3, -0.25) is 25.2 Å². The van der Waals surface area contributed by atoms with Gasteiger partial charge in [0.1, 0.15) is 5.69 Å². The van der Waals surface area contributed by atoms with Crippen LogP contribution in [0.4, 0.5) is 0 Å². The molecule has 0 aliphatic rings. The molecule has 0 fully saturated rings. The fourth-order valence-corrected chi connectivity index (χ4v) is 3.89. The largest absolute Gasteiger partial charge is 0.290 e. The molecule has 36 heavy (non-hydrogen) atoms. The Morgan fingerprint density at radius 3 is 2.14 bits per heavy atom. The lowest BCUT2D eigenvalue weighted by molar-refractivity contribution is 0.0844. The molecule has 0 unspecified atom stereocenters. The third kappa shape index (κ3) is 4.25. The molecular formula is C27H22N6O3. The average Bonchev–Trinajstić information content (AvgIpc) is 3.36. The molecule has 9 heteroatoms. The zero-order valence-electron chi connectivity index (χ0n) is 19.6. The number of aryl methyl sites for hydroxylation is 2. The molecule has 5 aromatic rings. The Morgan fingerprint density at radius 2 is 1.42 bits per heavy atom. The van der Waals surface area contributed by atoms with Gasteiger partial charge in [-0.15, -0.1) is 0 Å². The molecule has 2 N–H and O–H groups in total. The number of hydrogen-bond acceptors (Lipinski definition) is 5. The predicted molar refractivity (Wildman–Crippen MR) is 136 cm³/mol. The van der Waals surface area contributed by atoms with Crippen molar-refractivity contribution in [3.63, 3.8) is 0 Å². The fraction of sp³-hybridized carbons (Fsp3) is 0.0741. The van der Waals surface area contributed by atoms with E-state index in [-0.39, 0.29) is 16.8 Å². The number of carbonyl (C=O) groups is 2.